The first kappa shape index (κ1) is 6.62. The summed E-state index contributed by atoms with van der Waals surface area (Å²) in [6, 6.07) is 0.752. The van der Waals surface area contributed by atoms with Gasteiger partial charge in [-0.15, -0.1) is 0 Å². The van der Waals surface area contributed by atoms with E-state index >= 15 is 0 Å². The van der Waals surface area contributed by atoms with Gasteiger partial charge in [0, 0.05) is 12.6 Å². The molecule has 2 nitrogen and oxygen atoms in total. The summed E-state index contributed by atoms with van der Waals surface area (Å²) in [7, 11) is 0. The van der Waals surface area contributed by atoms with Gasteiger partial charge in [0.15, 0.2) is 0 Å². The summed E-state index contributed by atoms with van der Waals surface area (Å²) in [6.07, 6.45) is 1.76. The Morgan fingerprint density at radius 3 is 2.90 bits per heavy atom. The Balaban J connectivity index is 2.11. The molecular weight excluding hydrogens is 126 g/mol. The number of rotatable bonds is 0. The maximum Gasteiger partial charge on any atom is 0.113 e. The van der Waals surface area contributed by atoms with Crippen LogP contribution in [-0.4, -0.2) is 30.3 Å². The molecule has 0 spiro atoms. The van der Waals surface area contributed by atoms with Gasteiger partial charge in [0.2, 0.25) is 0 Å². The average molecular weight is 141 g/mol. The van der Waals surface area contributed by atoms with Crippen molar-refractivity contribution in [3.8, 4) is 0 Å². The monoisotopic (exact) mass is 141 g/mol. The number of hydrogen-bond acceptors (Lipinski definition) is 2. The number of ether oxygens (including phenoxy) is 1. The van der Waals surface area contributed by atoms with Crippen molar-refractivity contribution >= 4 is 0 Å². The fraction of sp³-hybridized carbons (Fsp3) is 1.00. The molecule has 58 valence electrons. The Morgan fingerprint density at radius 1 is 1.40 bits per heavy atom. The fourth-order valence-corrected chi connectivity index (χ4v) is 2.25. The highest BCUT2D eigenvalue weighted by Crippen LogP contribution is 2.32. The lowest BCUT2D eigenvalue weighted by Crippen LogP contribution is -2.30. The summed E-state index contributed by atoms with van der Waals surface area (Å²) in [5.41, 5.74) is 0. The molecule has 0 N–H and O–H groups in total. The van der Waals surface area contributed by atoms with Gasteiger partial charge in [-0.05, 0) is 19.3 Å². The van der Waals surface area contributed by atoms with Gasteiger partial charge in [-0.25, -0.2) is 0 Å². The maximum atomic E-state index is 5.59. The van der Waals surface area contributed by atoms with Gasteiger partial charge >= 0.3 is 0 Å². The lowest BCUT2D eigenvalue weighted by molar-refractivity contribution is 0.0256. The topological polar surface area (TPSA) is 12.5 Å². The molecule has 0 aliphatic carbocycles. The van der Waals surface area contributed by atoms with E-state index in [2.05, 4.69) is 18.7 Å². The number of hydrogen-bond donors (Lipinski definition) is 0. The summed E-state index contributed by atoms with van der Waals surface area (Å²) in [5.74, 6) is 0.748. The average Bonchev–Trinajstić information content (AvgIpc) is 2.39. The highest BCUT2D eigenvalue weighted by Gasteiger charge is 2.40. The van der Waals surface area contributed by atoms with Gasteiger partial charge in [-0.3, -0.25) is 4.90 Å². The molecule has 0 radical (unpaired) electrons. The second-order valence-corrected chi connectivity index (χ2v) is 3.56. The molecule has 3 atom stereocenters. The van der Waals surface area contributed by atoms with Crippen LogP contribution in [0.15, 0.2) is 0 Å². The Morgan fingerprint density at radius 2 is 2.20 bits per heavy atom. The zero-order valence-corrected chi connectivity index (χ0v) is 6.71. The molecule has 2 heterocycles. The van der Waals surface area contributed by atoms with E-state index < -0.39 is 0 Å². The second-order valence-electron chi connectivity index (χ2n) is 3.56. The summed E-state index contributed by atoms with van der Waals surface area (Å²) in [5, 5.41) is 0. The van der Waals surface area contributed by atoms with Crippen molar-refractivity contribution in [2.45, 2.75) is 32.5 Å². The van der Waals surface area contributed by atoms with Crippen molar-refractivity contribution in [2.75, 3.05) is 13.2 Å². The van der Waals surface area contributed by atoms with Crippen LogP contribution in [0.1, 0.15) is 20.3 Å². The molecule has 0 amide bonds. The van der Waals surface area contributed by atoms with Crippen molar-refractivity contribution in [3.63, 3.8) is 0 Å². The van der Waals surface area contributed by atoms with E-state index in [0.29, 0.717) is 6.23 Å². The van der Waals surface area contributed by atoms with E-state index in [0.717, 1.165) is 25.1 Å². The molecule has 0 aromatic rings. The summed E-state index contributed by atoms with van der Waals surface area (Å²) in [6.45, 7) is 6.67. The van der Waals surface area contributed by atoms with Gasteiger partial charge < -0.3 is 4.74 Å². The minimum Gasteiger partial charge on any atom is -0.362 e. The van der Waals surface area contributed by atoms with Crippen LogP contribution in [0.3, 0.4) is 0 Å². The Labute approximate surface area is 62.2 Å². The highest BCUT2D eigenvalue weighted by molar-refractivity contribution is 4.87. The normalized spacial score (nSPS) is 48.0. The molecule has 2 saturated heterocycles. The minimum atomic E-state index is 0.454. The van der Waals surface area contributed by atoms with Gasteiger partial charge in [-0.1, -0.05) is 6.92 Å². The molecule has 2 aliphatic rings. The van der Waals surface area contributed by atoms with Crippen molar-refractivity contribution in [1.82, 2.24) is 4.90 Å². The maximum absolute atomic E-state index is 5.59. The van der Waals surface area contributed by atoms with E-state index in [1.807, 2.05) is 0 Å². The van der Waals surface area contributed by atoms with Crippen LogP contribution in [0.4, 0.5) is 0 Å². The minimum absolute atomic E-state index is 0.454. The predicted octanol–water partition coefficient (Wildman–Crippen LogP) is 1.07. The molecule has 2 aliphatic heterocycles. The van der Waals surface area contributed by atoms with Crippen LogP contribution >= 0.6 is 0 Å². The molecule has 0 bridgehead atoms. The first-order valence-electron chi connectivity index (χ1n) is 4.16. The Kier molecular flexibility index (Phi) is 1.46. The molecule has 3 unspecified atom stereocenters. The molecular formula is C8H15NO. The molecule has 2 rings (SSSR count). The van der Waals surface area contributed by atoms with Gasteiger partial charge in [-0.2, -0.15) is 0 Å². The third-order valence-electron chi connectivity index (χ3n) is 2.73. The van der Waals surface area contributed by atoms with E-state index in [1.54, 1.807) is 0 Å². The Bertz CT molecular complexity index is 123. The lowest BCUT2D eigenvalue weighted by Gasteiger charge is -2.18. The van der Waals surface area contributed by atoms with E-state index in [1.165, 1.54) is 6.42 Å². The zero-order valence-electron chi connectivity index (χ0n) is 6.71. The van der Waals surface area contributed by atoms with Crippen LogP contribution in [0.2, 0.25) is 0 Å². The molecule has 0 aromatic carbocycles. The van der Waals surface area contributed by atoms with Crippen molar-refractivity contribution < 1.29 is 4.74 Å². The standard InChI is InChI=1S/C8H15NO/c1-6-5-7(2)9-3-4-10-8(6)9/h6-8H,3-5H2,1-2H3. The third kappa shape index (κ3) is 0.789. The van der Waals surface area contributed by atoms with Gasteiger partial charge in [0.05, 0.1) is 6.61 Å². The van der Waals surface area contributed by atoms with E-state index in [9.17, 15) is 0 Å². The van der Waals surface area contributed by atoms with Crippen LogP contribution in [0.5, 0.6) is 0 Å². The molecule has 2 heteroatoms. The summed E-state index contributed by atoms with van der Waals surface area (Å²) >= 11 is 0. The molecule has 0 aromatic heterocycles. The van der Waals surface area contributed by atoms with Crippen LogP contribution in [-0.2, 0) is 4.74 Å². The quantitative estimate of drug-likeness (QED) is 0.500. The molecule has 10 heavy (non-hydrogen) atoms. The van der Waals surface area contributed by atoms with E-state index in [4.69, 9.17) is 4.74 Å². The number of fused-ring (bicyclic) bond motifs is 1. The first-order chi connectivity index (χ1) is 4.79. The predicted molar refractivity (Wildman–Crippen MR) is 39.7 cm³/mol. The van der Waals surface area contributed by atoms with Crippen molar-refractivity contribution in [1.29, 1.82) is 0 Å². The van der Waals surface area contributed by atoms with Gasteiger partial charge in [0.1, 0.15) is 6.23 Å². The van der Waals surface area contributed by atoms with Crippen LogP contribution in [0, 0.1) is 5.92 Å². The fourth-order valence-electron chi connectivity index (χ4n) is 2.25. The van der Waals surface area contributed by atoms with Crippen molar-refractivity contribution in [2.24, 2.45) is 5.92 Å². The zero-order chi connectivity index (χ0) is 7.14. The highest BCUT2D eigenvalue weighted by atomic mass is 16.5. The third-order valence-corrected chi connectivity index (χ3v) is 2.73. The number of nitrogens with zero attached hydrogens (tertiary/aromatic N) is 1. The van der Waals surface area contributed by atoms with Gasteiger partial charge in [0.25, 0.3) is 0 Å². The molecule has 2 fully saturated rings. The first-order valence-corrected chi connectivity index (χ1v) is 4.16. The summed E-state index contributed by atoms with van der Waals surface area (Å²) in [4.78, 5) is 2.48. The van der Waals surface area contributed by atoms with Crippen LogP contribution in [0.25, 0.3) is 0 Å². The SMILES string of the molecule is CC1CC(C)N2CCOC12. The Hall–Kier alpha value is -0.0800. The lowest BCUT2D eigenvalue weighted by atomic mass is 10.1. The second kappa shape index (κ2) is 2.21. The van der Waals surface area contributed by atoms with E-state index in [-0.39, 0.29) is 0 Å². The van der Waals surface area contributed by atoms with Crippen molar-refractivity contribution in [3.05, 3.63) is 0 Å². The smallest absolute Gasteiger partial charge is 0.113 e. The van der Waals surface area contributed by atoms with Crippen LogP contribution < -0.4 is 0 Å². The molecule has 0 saturated carbocycles. The largest absolute Gasteiger partial charge is 0.362 e. The summed E-state index contributed by atoms with van der Waals surface area (Å²) < 4.78 is 5.59.